The van der Waals surface area contributed by atoms with Crippen LogP contribution in [0.3, 0.4) is 0 Å². The number of hydrogen-bond donors (Lipinski definition) is 3. The summed E-state index contributed by atoms with van der Waals surface area (Å²) in [5.74, 6) is 1.83. The maximum atomic E-state index is 8.49. The third kappa shape index (κ3) is 20.5. The van der Waals surface area contributed by atoms with Crippen molar-refractivity contribution in [3.63, 3.8) is 0 Å². The van der Waals surface area contributed by atoms with Crippen molar-refractivity contribution < 1.29 is 58.9 Å². The Morgan fingerprint density at radius 1 is 0.667 bits per heavy atom. The van der Waals surface area contributed by atoms with Gasteiger partial charge in [0.15, 0.2) is 0 Å². The van der Waals surface area contributed by atoms with Gasteiger partial charge in [-0.3, -0.25) is 9.88 Å². The number of nitrogens with one attached hydrogen (secondary N) is 2. The largest absolute Gasteiger partial charge is 2.00 e. The zero-order valence-electron chi connectivity index (χ0n) is 25.2. The van der Waals surface area contributed by atoms with E-state index in [1.165, 1.54) is 0 Å². The minimum atomic E-state index is -4.94. The number of pyridine rings is 3. The van der Waals surface area contributed by atoms with Gasteiger partial charge < -0.3 is 21.1 Å². The molecule has 3 aromatic rings. The zero-order chi connectivity index (χ0) is 31.1. The third-order valence-electron chi connectivity index (χ3n) is 5.10. The summed E-state index contributed by atoms with van der Waals surface area (Å²) in [6.07, 6.45) is 1.85. The molecule has 0 aliphatic carbocycles. The van der Waals surface area contributed by atoms with E-state index in [-0.39, 0.29) is 30.3 Å². The molecule has 0 fully saturated rings. The molecule has 12 nitrogen and oxygen atoms in total. The number of anilines is 2. The Labute approximate surface area is 263 Å². The molecule has 0 atom stereocenters. The summed E-state index contributed by atoms with van der Waals surface area (Å²) in [5, 5.41) is 19.9. The average Bonchev–Trinajstić information content (AvgIpc) is 2.87. The summed E-state index contributed by atoms with van der Waals surface area (Å²) in [6, 6.07) is 18.4. The Hall–Kier alpha value is -2.32. The summed E-state index contributed by atoms with van der Waals surface area (Å²) in [4.78, 5) is 16.6. The van der Waals surface area contributed by atoms with Gasteiger partial charge in [0.2, 0.25) is 0 Å². The summed E-state index contributed by atoms with van der Waals surface area (Å²) in [6.45, 7) is 17.2. The summed E-state index contributed by atoms with van der Waals surface area (Å²) >= 11 is 0. The van der Waals surface area contributed by atoms with Crippen LogP contribution in [-0.4, -0.2) is 38.2 Å². The van der Waals surface area contributed by atoms with Gasteiger partial charge in [0.1, 0.15) is 11.6 Å². The quantitative estimate of drug-likeness (QED) is 0.150. The molecular weight excluding hydrogens is 617 g/mol. The first kappa shape index (κ1) is 39.7. The SMILES string of the molecule is CC(C)(C)CNc1cccc(CN(Cc2ccccn2)Cc2cccc(NCC(C)(C)C)n2)n1.[O-]O.[O-][Cl+3]([O-])([O-])[O-].[Zn+2]. The van der Waals surface area contributed by atoms with Crippen LogP contribution in [0.1, 0.15) is 58.6 Å². The number of rotatable bonds is 10. The predicted molar refractivity (Wildman–Crippen MR) is 144 cm³/mol. The smallest absolute Gasteiger partial charge is 0.727 e. The third-order valence-corrected chi connectivity index (χ3v) is 5.10. The van der Waals surface area contributed by atoms with Gasteiger partial charge in [-0.2, -0.15) is 0 Å². The van der Waals surface area contributed by atoms with Gasteiger partial charge in [-0.15, -0.1) is 10.2 Å². The molecule has 0 aliphatic heterocycles. The van der Waals surface area contributed by atoms with Crippen LogP contribution in [0.15, 0.2) is 60.8 Å². The molecule has 0 saturated heterocycles. The second-order valence-corrected chi connectivity index (χ2v) is 12.5. The Kier molecular flexibility index (Phi) is 18.0. The molecule has 0 amide bonds. The van der Waals surface area contributed by atoms with Crippen molar-refractivity contribution in [2.75, 3.05) is 23.7 Å². The first-order chi connectivity index (χ1) is 19.1. The second kappa shape index (κ2) is 19.1. The van der Waals surface area contributed by atoms with Crippen LogP contribution in [0.25, 0.3) is 0 Å². The summed E-state index contributed by atoms with van der Waals surface area (Å²) in [5.41, 5.74) is 3.47. The van der Waals surface area contributed by atoms with Crippen LogP contribution in [0.5, 0.6) is 0 Å². The van der Waals surface area contributed by atoms with E-state index in [2.05, 4.69) is 92.4 Å². The molecule has 0 radical (unpaired) electrons. The van der Waals surface area contributed by atoms with Crippen LogP contribution < -0.4 is 34.5 Å². The Bertz CT molecular complexity index is 1070. The van der Waals surface area contributed by atoms with Crippen molar-refractivity contribution in [1.82, 2.24) is 19.9 Å². The average molecular weight is 659 g/mol. The van der Waals surface area contributed by atoms with E-state index in [1.807, 2.05) is 30.5 Å². The summed E-state index contributed by atoms with van der Waals surface area (Å²) < 4.78 is 34.0. The first-order valence-corrected chi connectivity index (χ1v) is 14.1. The van der Waals surface area contributed by atoms with Crippen molar-refractivity contribution >= 4 is 11.6 Å². The van der Waals surface area contributed by atoms with Crippen LogP contribution in [0, 0.1) is 21.1 Å². The maximum Gasteiger partial charge on any atom is 2.00 e. The monoisotopic (exact) mass is 656 g/mol. The van der Waals surface area contributed by atoms with Gasteiger partial charge in [0.05, 0.1) is 17.1 Å². The molecular formula is C28H41ClN6O6Zn. The van der Waals surface area contributed by atoms with E-state index in [0.717, 1.165) is 48.4 Å². The van der Waals surface area contributed by atoms with E-state index in [0.29, 0.717) is 13.1 Å². The topological polar surface area (TPSA) is 202 Å². The van der Waals surface area contributed by atoms with Gasteiger partial charge in [-0.05, 0) is 47.2 Å². The molecule has 42 heavy (non-hydrogen) atoms. The molecule has 0 unspecified atom stereocenters. The van der Waals surface area contributed by atoms with Gasteiger partial charge >= 0.3 is 19.5 Å². The van der Waals surface area contributed by atoms with E-state index in [4.69, 9.17) is 39.1 Å². The molecule has 228 valence electrons. The maximum absolute atomic E-state index is 8.49. The van der Waals surface area contributed by atoms with E-state index >= 15 is 0 Å². The fraction of sp³-hybridized carbons (Fsp3) is 0.464. The molecule has 3 N–H and O–H groups in total. The number of aromatic nitrogens is 3. The molecule has 0 saturated carbocycles. The van der Waals surface area contributed by atoms with Crippen molar-refractivity contribution in [3.05, 3.63) is 77.9 Å². The predicted octanol–water partition coefficient (Wildman–Crippen LogP) is 0.0512. The normalized spacial score (nSPS) is 11.4. The van der Waals surface area contributed by atoms with E-state index in [1.54, 1.807) is 0 Å². The van der Waals surface area contributed by atoms with E-state index in [9.17, 15) is 0 Å². The van der Waals surface area contributed by atoms with Crippen molar-refractivity contribution in [3.8, 4) is 0 Å². The molecule has 14 heteroatoms. The van der Waals surface area contributed by atoms with Crippen LogP contribution in [0.2, 0.25) is 0 Å². The molecule has 3 aromatic heterocycles. The fourth-order valence-corrected chi connectivity index (χ4v) is 3.39. The Morgan fingerprint density at radius 2 is 1.05 bits per heavy atom. The van der Waals surface area contributed by atoms with E-state index < -0.39 is 10.2 Å². The molecule has 0 aliphatic rings. The van der Waals surface area contributed by atoms with Gasteiger partial charge in [0.25, 0.3) is 0 Å². The van der Waals surface area contributed by atoms with Crippen LogP contribution in [0.4, 0.5) is 11.6 Å². The summed E-state index contributed by atoms with van der Waals surface area (Å²) in [7, 11) is -4.94. The molecule has 3 heterocycles. The number of halogens is 1. The van der Waals surface area contributed by atoms with Gasteiger partial charge in [0, 0.05) is 38.9 Å². The second-order valence-electron chi connectivity index (χ2n) is 11.7. The van der Waals surface area contributed by atoms with Crippen molar-refractivity contribution in [2.24, 2.45) is 10.8 Å². The molecule has 3 rings (SSSR count). The Morgan fingerprint density at radius 3 is 1.40 bits per heavy atom. The van der Waals surface area contributed by atoms with Gasteiger partial charge in [-0.25, -0.2) is 28.6 Å². The first-order valence-electron chi connectivity index (χ1n) is 12.9. The van der Waals surface area contributed by atoms with Gasteiger partial charge in [-0.1, -0.05) is 59.7 Å². The Balaban J connectivity index is 0.00000190. The molecule has 0 bridgehead atoms. The fourth-order valence-electron chi connectivity index (χ4n) is 3.39. The number of nitrogens with zero attached hydrogens (tertiary/aromatic N) is 4. The zero-order valence-corrected chi connectivity index (χ0v) is 28.9. The minimum absolute atomic E-state index is 0. The van der Waals surface area contributed by atoms with Crippen molar-refractivity contribution in [2.45, 2.75) is 61.2 Å². The minimum Gasteiger partial charge on any atom is -0.727 e. The molecule has 0 aromatic carbocycles. The number of hydrogen-bond acceptors (Lipinski definition) is 12. The molecule has 0 spiro atoms. The van der Waals surface area contributed by atoms with Crippen LogP contribution in [-0.2, 0) is 39.1 Å². The standard InChI is InChI=1S/C28H40N6.ClHO4.H2O2.Zn/c1-27(2,3)20-30-25-14-9-12-23(32-25)18-34(17-22-11-7-8-16-29-22)19-24-13-10-15-26(33-24)31-21-28(4,5)6;2-1(3,4)5;1-2;/h7-16H,17-21H2,1-6H3,(H,30,32)(H,31,33);(H,2,3,4,5);1-2H;/q;;;+2/p-2. The van der Waals surface area contributed by atoms with Crippen LogP contribution >= 0.6 is 0 Å². The van der Waals surface area contributed by atoms with Crippen molar-refractivity contribution in [1.29, 1.82) is 0 Å².